The minimum Gasteiger partial charge on any atom is -0.463 e. The van der Waals surface area contributed by atoms with Gasteiger partial charge in [-0.3, -0.25) is 24.6 Å². The number of rotatable bonds is 11. The summed E-state index contributed by atoms with van der Waals surface area (Å²) in [5.41, 5.74) is 18.1. The van der Waals surface area contributed by atoms with Crippen molar-refractivity contribution in [3.63, 3.8) is 0 Å². The molecule has 0 aromatic carbocycles. The summed E-state index contributed by atoms with van der Waals surface area (Å²) < 4.78 is 44.0. The van der Waals surface area contributed by atoms with E-state index in [1.54, 1.807) is 0 Å². The second-order valence-corrected chi connectivity index (χ2v) is 8.49. The van der Waals surface area contributed by atoms with Gasteiger partial charge in [0.2, 0.25) is 6.29 Å². The van der Waals surface area contributed by atoms with Crippen LogP contribution in [0, 0.1) is 5.41 Å². The first-order chi connectivity index (χ1) is 18.9. The molecular formula is C21H29N7O12. The van der Waals surface area contributed by atoms with Gasteiger partial charge in [0.1, 0.15) is 31.0 Å². The average Bonchev–Trinajstić information content (AvgIpc) is 3.14. The van der Waals surface area contributed by atoms with Crippen molar-refractivity contribution >= 4 is 29.8 Å². The predicted octanol–water partition coefficient (Wildman–Crippen LogP) is 1.18. The van der Waals surface area contributed by atoms with Gasteiger partial charge in [-0.15, -0.1) is 0 Å². The molecule has 220 valence electrons. The minimum absolute atomic E-state index is 0.302. The molecule has 2 aliphatic rings. The van der Waals surface area contributed by atoms with E-state index in [0.29, 0.717) is 0 Å². The van der Waals surface area contributed by atoms with Gasteiger partial charge >= 0.3 is 23.9 Å². The van der Waals surface area contributed by atoms with Gasteiger partial charge in [0.15, 0.2) is 30.5 Å². The van der Waals surface area contributed by atoms with E-state index in [1.807, 2.05) is 0 Å². The Balaban J connectivity index is 2.56. The van der Waals surface area contributed by atoms with E-state index in [9.17, 15) is 24.7 Å². The maximum absolute atomic E-state index is 12.0. The molecule has 0 amide bonds. The minimum atomic E-state index is -1.61. The summed E-state index contributed by atoms with van der Waals surface area (Å²) in [5.74, 6) is -3.40. The second-order valence-electron chi connectivity index (χ2n) is 8.49. The Labute approximate surface area is 227 Å². The van der Waals surface area contributed by atoms with E-state index >= 15 is 0 Å². The van der Waals surface area contributed by atoms with Crippen molar-refractivity contribution < 1.29 is 57.1 Å². The average molecular weight is 572 g/mol. The van der Waals surface area contributed by atoms with Crippen LogP contribution in [0.3, 0.4) is 0 Å². The normalized spacial score (nSPS) is 31.0. The maximum Gasteiger partial charge on any atom is 0.303 e. The van der Waals surface area contributed by atoms with Crippen LogP contribution < -0.4 is 0 Å². The topological polar surface area (TPSA) is 263 Å². The molecule has 2 heterocycles. The zero-order chi connectivity index (χ0) is 30.0. The van der Waals surface area contributed by atoms with Crippen LogP contribution >= 0.6 is 0 Å². The van der Waals surface area contributed by atoms with Crippen molar-refractivity contribution in [3.05, 3.63) is 20.9 Å². The maximum atomic E-state index is 12.0. The van der Waals surface area contributed by atoms with Crippen LogP contribution in [-0.2, 0) is 57.1 Å². The predicted molar refractivity (Wildman–Crippen MR) is 127 cm³/mol. The lowest BCUT2D eigenvalue weighted by molar-refractivity contribution is -0.285. The number of carbonyl (C=O) groups excluding carboxylic acids is 4. The van der Waals surface area contributed by atoms with Crippen LogP contribution in [0.25, 0.3) is 20.9 Å². The lowest BCUT2D eigenvalue weighted by Gasteiger charge is -2.44. The summed E-state index contributed by atoms with van der Waals surface area (Å²) in [4.78, 5) is 52.6. The molecule has 2 aliphatic heterocycles. The molecule has 0 saturated carbocycles. The van der Waals surface area contributed by atoms with E-state index in [0.717, 1.165) is 27.7 Å². The molecule has 0 spiro atoms. The highest BCUT2D eigenvalue weighted by Crippen LogP contribution is 2.35. The summed E-state index contributed by atoms with van der Waals surface area (Å²) in [5, 5.41) is 14.7. The van der Waals surface area contributed by atoms with E-state index in [1.165, 1.54) is 6.92 Å². The largest absolute Gasteiger partial charge is 0.463 e. The fourth-order valence-electron chi connectivity index (χ4n) is 4.04. The second kappa shape index (κ2) is 14.9. The number of hydrogen-bond donors (Lipinski definition) is 1. The summed E-state index contributed by atoms with van der Waals surface area (Å²) in [6.45, 7) is 4.82. The molecule has 0 radical (unpaired) electrons. The summed E-state index contributed by atoms with van der Waals surface area (Å²) in [6, 6.07) is -1.50. The van der Waals surface area contributed by atoms with Crippen molar-refractivity contribution in [1.29, 1.82) is 5.41 Å². The Kier molecular flexibility index (Phi) is 11.9. The van der Waals surface area contributed by atoms with Gasteiger partial charge in [0.25, 0.3) is 0 Å². The first-order valence-electron chi connectivity index (χ1n) is 11.8. The summed E-state index contributed by atoms with van der Waals surface area (Å²) in [6.07, 6.45) is -11.0. The highest BCUT2D eigenvalue weighted by Gasteiger charge is 2.55. The number of nitrogens with one attached hydrogen (secondary N) is 1. The molecule has 2 saturated heterocycles. The third-order valence-corrected chi connectivity index (χ3v) is 5.33. The zero-order valence-corrected chi connectivity index (χ0v) is 22.2. The van der Waals surface area contributed by atoms with E-state index < -0.39 is 92.3 Å². The van der Waals surface area contributed by atoms with Crippen LogP contribution in [0.4, 0.5) is 0 Å². The molecule has 19 nitrogen and oxygen atoms in total. The van der Waals surface area contributed by atoms with Crippen LogP contribution in [0.15, 0.2) is 10.2 Å². The molecule has 0 aromatic rings. The number of hydrogen-bond acceptors (Lipinski definition) is 15. The Morgan fingerprint density at radius 3 is 1.85 bits per heavy atom. The van der Waals surface area contributed by atoms with Crippen molar-refractivity contribution in [3.8, 4) is 0 Å². The first-order valence-corrected chi connectivity index (χ1v) is 11.8. The molecular weight excluding hydrogens is 542 g/mol. The summed E-state index contributed by atoms with van der Waals surface area (Å²) in [7, 11) is 0. The summed E-state index contributed by atoms with van der Waals surface area (Å²) >= 11 is 0. The number of ether oxygens (including phenoxy) is 8. The SMILES string of the molecule is CC(=N)OC1O[C@H](COC(C)=O)[C@@H](O[C@H]2O[C@@H](CN=[N+]=[N-])[C@@H](OC(C)=O)[C@H](OC(C)=O)[C@H]2N=[N+]=[N-])[C@H]1OC(C)=O. The van der Waals surface area contributed by atoms with Gasteiger partial charge in [-0.25, -0.2) is 0 Å². The highest BCUT2D eigenvalue weighted by atomic mass is 16.8. The van der Waals surface area contributed by atoms with Crippen molar-refractivity contribution in [2.24, 2.45) is 10.2 Å². The highest BCUT2D eigenvalue weighted by molar-refractivity contribution is 5.70. The Hall–Kier alpha value is -4.15. The molecule has 2 fully saturated rings. The van der Waals surface area contributed by atoms with Crippen LogP contribution in [0.5, 0.6) is 0 Å². The Morgan fingerprint density at radius 2 is 1.32 bits per heavy atom. The van der Waals surface area contributed by atoms with Gasteiger partial charge < -0.3 is 37.9 Å². The first kappa shape index (κ1) is 32.1. The lowest BCUT2D eigenvalue weighted by atomic mass is 9.96. The molecule has 0 bridgehead atoms. The smallest absolute Gasteiger partial charge is 0.303 e. The quantitative estimate of drug-likeness (QED) is 0.0696. The van der Waals surface area contributed by atoms with Gasteiger partial charge in [0.05, 0.1) is 6.54 Å². The van der Waals surface area contributed by atoms with E-state index in [2.05, 4.69) is 20.1 Å². The van der Waals surface area contributed by atoms with Gasteiger partial charge in [-0.2, -0.15) is 0 Å². The molecule has 1 unspecified atom stereocenters. The Bertz CT molecular complexity index is 1080. The van der Waals surface area contributed by atoms with Gasteiger partial charge in [-0.1, -0.05) is 10.2 Å². The van der Waals surface area contributed by atoms with Crippen molar-refractivity contribution in [2.45, 2.75) is 89.9 Å². The third kappa shape index (κ3) is 8.96. The molecule has 19 heteroatoms. The molecule has 2 rings (SSSR count). The van der Waals surface area contributed by atoms with Gasteiger partial charge in [-0.05, 0) is 11.1 Å². The van der Waals surface area contributed by atoms with Crippen LogP contribution in [0.1, 0.15) is 34.6 Å². The van der Waals surface area contributed by atoms with E-state index in [4.69, 9.17) is 48.8 Å². The van der Waals surface area contributed by atoms with Crippen molar-refractivity contribution in [1.82, 2.24) is 0 Å². The van der Waals surface area contributed by atoms with Crippen LogP contribution in [0.2, 0.25) is 0 Å². The monoisotopic (exact) mass is 571 g/mol. The number of carbonyl (C=O) groups is 4. The molecule has 0 aliphatic carbocycles. The fraction of sp³-hybridized carbons (Fsp3) is 0.762. The third-order valence-electron chi connectivity index (χ3n) is 5.33. The standard InChI is InChI=1S/C21H29N7O12/c1-8(22)34-21-19(37-12(5)32)17(14(39-21)7-33-9(2)29)40-20-15(26-28-24)18(36-11(4)31)16(35-10(3)30)13(38-20)6-25-27-23/h13-22H,6-7H2,1-5H3/t13-,14+,15+,16+,17+,18+,19+,20+,21?/m0/s1. The van der Waals surface area contributed by atoms with E-state index in [-0.39, 0.29) is 5.90 Å². The van der Waals surface area contributed by atoms with Crippen LogP contribution in [-0.4, -0.2) is 98.2 Å². The molecule has 1 N–H and O–H groups in total. The molecule has 9 atom stereocenters. The molecule has 0 aromatic heterocycles. The number of esters is 4. The number of azide groups is 2. The fourth-order valence-corrected chi connectivity index (χ4v) is 4.04. The van der Waals surface area contributed by atoms with Gasteiger partial charge in [0, 0.05) is 44.4 Å². The lowest BCUT2D eigenvalue weighted by Crippen LogP contribution is -2.62. The van der Waals surface area contributed by atoms with Crippen molar-refractivity contribution in [2.75, 3.05) is 13.2 Å². The molecule has 40 heavy (non-hydrogen) atoms. The number of nitrogens with zero attached hydrogens (tertiary/aromatic N) is 6. The Morgan fingerprint density at radius 1 is 0.750 bits per heavy atom. The zero-order valence-electron chi connectivity index (χ0n) is 22.2.